The molecule has 7 aromatic heterocycles. The van der Waals surface area contributed by atoms with Crippen molar-refractivity contribution in [1.29, 1.82) is 0 Å². The molecule has 22 nitrogen and oxygen atoms in total. The summed E-state index contributed by atoms with van der Waals surface area (Å²) in [5.41, 5.74) is 8.88. The molecule has 10 bridgehead atoms. The molecule has 0 saturated carbocycles. The molecule has 0 fully saturated rings. The van der Waals surface area contributed by atoms with Crippen LogP contribution in [0.2, 0.25) is 0 Å². The van der Waals surface area contributed by atoms with Crippen LogP contribution >= 0.6 is 68.0 Å². The maximum atomic E-state index is 14.8. The van der Waals surface area contributed by atoms with Gasteiger partial charge in [-0.1, -0.05) is 82.5 Å². The first-order valence-corrected chi connectivity index (χ1v) is 32.6. The molecule has 2 aromatic carbocycles. The SMILES string of the molecule is C=C(O)C(=C)NC(=O)C(=C)NC(=O)c1csc(-c2ccc3c(n2)-c2csc(n2)-c2csc(n2)C(C(C)CC)NC(=O)C(Cc2ccc(O)cc2)CC(=O)c2csc(n2)C(Cc2ccccc2)NC(=O)c2nc(sc2C)C(CC(N)=O)NC(=O)c2csc-3n2)n1. The fourth-order valence-electron chi connectivity index (χ4n) is 9.23. The Balaban J connectivity index is 1.04. The molecule has 5 atom stereocenters. The van der Waals surface area contributed by atoms with E-state index in [4.69, 9.17) is 30.7 Å². The Bertz CT molecular complexity index is 4240. The number of amides is 6. The highest BCUT2D eigenvalue weighted by Gasteiger charge is 2.33. The molecule has 0 radical (unpaired) electrons. The number of aliphatic hydroxyl groups is 1. The zero-order valence-corrected chi connectivity index (χ0v) is 52.6. The number of aromatic nitrogens is 7. The van der Waals surface area contributed by atoms with Gasteiger partial charge in [0.2, 0.25) is 11.8 Å². The second-order valence-electron chi connectivity index (χ2n) is 20.6. The molecule has 0 spiro atoms. The lowest BCUT2D eigenvalue weighted by Gasteiger charge is -2.25. The number of phenolic OH excluding ortho intramolecular Hbond substituents is 1. The van der Waals surface area contributed by atoms with Crippen LogP contribution in [0.1, 0.15) is 124 Å². The molecule has 1 aliphatic rings. The Kier molecular flexibility index (Phi) is 19.3. The van der Waals surface area contributed by atoms with Gasteiger partial charge in [-0.3, -0.25) is 33.6 Å². The van der Waals surface area contributed by atoms with Gasteiger partial charge in [0.15, 0.2) is 5.78 Å². The van der Waals surface area contributed by atoms with E-state index in [1.165, 1.54) is 51.5 Å². The summed E-state index contributed by atoms with van der Waals surface area (Å²) in [6, 6.07) is 16.8. The third-order valence-corrected chi connectivity index (χ3v) is 19.8. The zero-order chi connectivity index (χ0) is 63.2. The maximum absolute atomic E-state index is 14.8. The van der Waals surface area contributed by atoms with Gasteiger partial charge in [0, 0.05) is 49.7 Å². The van der Waals surface area contributed by atoms with Crippen molar-refractivity contribution < 1.29 is 43.8 Å². The van der Waals surface area contributed by atoms with E-state index in [2.05, 4.69) is 56.3 Å². The second-order valence-corrected chi connectivity index (χ2v) is 26.2. The van der Waals surface area contributed by atoms with Crippen molar-refractivity contribution in [2.45, 2.75) is 71.0 Å². The summed E-state index contributed by atoms with van der Waals surface area (Å²) < 4.78 is 0. The van der Waals surface area contributed by atoms with Crippen LogP contribution in [0.4, 0.5) is 0 Å². The van der Waals surface area contributed by atoms with Gasteiger partial charge in [0.1, 0.15) is 81.4 Å². The van der Waals surface area contributed by atoms with Crippen LogP contribution in [0.15, 0.2) is 131 Å². The monoisotopic (exact) mass is 1310 g/mol. The largest absolute Gasteiger partial charge is 0.508 e. The Morgan fingerprint density at radius 2 is 1.30 bits per heavy atom. The maximum Gasteiger partial charge on any atom is 0.275 e. The van der Waals surface area contributed by atoms with Gasteiger partial charge < -0.3 is 42.5 Å². The van der Waals surface area contributed by atoms with E-state index in [0.717, 1.165) is 39.6 Å². The summed E-state index contributed by atoms with van der Waals surface area (Å²) >= 11 is 7.15. The summed E-state index contributed by atoms with van der Waals surface area (Å²) in [5, 5.41) is 44.3. The number of fused-ring (bicyclic) bond motifs is 14. The molecule has 10 rings (SSSR count). The molecule has 8 heterocycles. The van der Waals surface area contributed by atoms with Gasteiger partial charge in [0.25, 0.3) is 23.6 Å². The standard InChI is InChI=1S/C61H55N13O9S6/c1-7-28(2)48-61-72-45(27-88-61)59-69-42(24-86-59)50-37(17-18-38(65-50)57-71-43(26-87-57)53(81)64-30(4)51(79)63-29(3)31(5)75)56-70-44(25-84-56)54(82)66-40(22-47(62)78)60-74-49(32(6)89-60)55(83)67-39(20-33-11-9-8-10-12-33)58-68-41(23-85-58)46(77)21-35(52(80)73-48)19-34-13-15-36(76)16-14-34/h8-18,23-28,35,39-40,48,75-76H,3-5,7,19-22H2,1-2,6H3,(H2,62,78)(H,63,79)(H,64,81)(H,66,82)(H,67,83)(H,73,80). The van der Waals surface area contributed by atoms with Crippen molar-refractivity contribution >= 4 is 109 Å². The van der Waals surface area contributed by atoms with Crippen LogP contribution in [0.5, 0.6) is 5.75 Å². The summed E-state index contributed by atoms with van der Waals surface area (Å²) in [6.45, 7) is 16.1. The highest BCUT2D eigenvalue weighted by atomic mass is 32.1. The van der Waals surface area contributed by atoms with Crippen molar-refractivity contribution in [3.63, 3.8) is 0 Å². The van der Waals surface area contributed by atoms with Crippen LogP contribution < -0.4 is 32.3 Å². The molecular formula is C61H55N13O9S6. The number of benzene rings is 2. The predicted molar refractivity (Wildman–Crippen MR) is 342 cm³/mol. The van der Waals surface area contributed by atoms with Gasteiger partial charge in [0.05, 0.1) is 41.6 Å². The zero-order valence-electron chi connectivity index (χ0n) is 47.7. The van der Waals surface area contributed by atoms with E-state index in [1.54, 1.807) is 47.3 Å². The highest BCUT2D eigenvalue weighted by molar-refractivity contribution is 7.15. The molecule has 9 N–H and O–H groups in total. The number of hydrogen-bond donors (Lipinski definition) is 8. The minimum Gasteiger partial charge on any atom is -0.508 e. The van der Waals surface area contributed by atoms with Gasteiger partial charge in [-0.25, -0.2) is 34.9 Å². The van der Waals surface area contributed by atoms with E-state index in [1.807, 2.05) is 49.6 Å². The second kappa shape index (κ2) is 27.4. The molecule has 0 saturated heterocycles. The van der Waals surface area contributed by atoms with Crippen molar-refractivity contribution in [3.05, 3.63) is 184 Å². The molecule has 28 heteroatoms. The third kappa shape index (κ3) is 14.8. The Morgan fingerprint density at radius 3 is 2.04 bits per heavy atom. The summed E-state index contributed by atoms with van der Waals surface area (Å²) in [6.07, 6.45) is 0.480. The predicted octanol–water partition coefficient (Wildman–Crippen LogP) is 10.2. The number of aliphatic hydroxyl groups excluding tert-OH is 1. The Morgan fingerprint density at radius 1 is 0.652 bits per heavy atom. The molecule has 5 unspecified atom stereocenters. The number of thiazole rings is 6. The molecule has 89 heavy (non-hydrogen) atoms. The average Bonchev–Trinajstić information content (AvgIpc) is 1.84. The van der Waals surface area contributed by atoms with Crippen LogP contribution in [0, 0.1) is 18.8 Å². The van der Waals surface area contributed by atoms with E-state index in [-0.39, 0.29) is 76.5 Å². The normalized spacial score (nSPS) is 16.7. The fourth-order valence-corrected chi connectivity index (χ4v) is 14.5. The lowest BCUT2D eigenvalue weighted by molar-refractivity contribution is -0.126. The van der Waals surface area contributed by atoms with Crippen LogP contribution in [0.25, 0.3) is 43.4 Å². The van der Waals surface area contributed by atoms with Crippen LogP contribution in [-0.4, -0.2) is 86.3 Å². The van der Waals surface area contributed by atoms with E-state index in [0.29, 0.717) is 70.2 Å². The van der Waals surface area contributed by atoms with Crippen LogP contribution in [-0.2, 0) is 27.2 Å². The molecule has 1 aliphatic heterocycles. The first-order chi connectivity index (χ1) is 42.7. The number of ketones is 1. The molecule has 454 valence electrons. The quantitative estimate of drug-likeness (QED) is 0.0285. The number of nitrogens with one attached hydrogen (secondary N) is 5. The van der Waals surface area contributed by atoms with Crippen molar-refractivity contribution in [2.24, 2.45) is 17.6 Å². The fraction of sp³-hybridized carbons (Fsp3) is 0.213. The number of aryl methyl sites for hydroxylation is 1. The van der Waals surface area contributed by atoms with E-state index in [9.17, 15) is 43.8 Å². The third-order valence-electron chi connectivity index (χ3n) is 14.2. The van der Waals surface area contributed by atoms with E-state index < -0.39 is 71.0 Å². The number of carbonyl (C=O) groups excluding carboxylic acids is 7. The number of carbonyl (C=O) groups is 7. The van der Waals surface area contributed by atoms with Gasteiger partial charge >= 0.3 is 0 Å². The average molecular weight is 1310 g/mol. The first kappa shape index (κ1) is 62.7. The minimum absolute atomic E-state index is 0.0187. The lowest BCUT2D eigenvalue weighted by atomic mass is 9.91. The molecule has 6 amide bonds. The van der Waals surface area contributed by atoms with Crippen LogP contribution in [0.3, 0.4) is 0 Å². The number of hydrogen-bond acceptors (Lipinski definition) is 22. The lowest BCUT2D eigenvalue weighted by Crippen LogP contribution is -2.38. The number of aromatic hydroxyl groups is 1. The number of rotatable bonds is 14. The van der Waals surface area contributed by atoms with E-state index >= 15 is 0 Å². The topological polar surface area (TPSA) is 336 Å². The Labute approximate surface area is 532 Å². The van der Waals surface area contributed by atoms with Crippen molar-refractivity contribution in [1.82, 2.24) is 61.5 Å². The number of primary amides is 1. The Hall–Kier alpha value is -9.32. The molecule has 9 aromatic rings. The number of phenols is 1. The number of Topliss-reactive ketones (excluding diaryl/α,β-unsaturated/α-hetero) is 1. The molecular weight excluding hydrogens is 1250 g/mol. The van der Waals surface area contributed by atoms with Crippen molar-refractivity contribution in [3.8, 4) is 49.1 Å². The van der Waals surface area contributed by atoms with Gasteiger partial charge in [-0.05, 0) is 61.1 Å². The number of nitrogens with zero attached hydrogens (tertiary/aromatic N) is 7. The number of pyridine rings is 1. The summed E-state index contributed by atoms with van der Waals surface area (Å²) in [4.78, 5) is 131. The highest BCUT2D eigenvalue weighted by Crippen LogP contribution is 2.40. The molecule has 0 aliphatic carbocycles. The minimum atomic E-state index is -1.08. The van der Waals surface area contributed by atoms with Crippen molar-refractivity contribution in [2.75, 3.05) is 0 Å². The summed E-state index contributed by atoms with van der Waals surface area (Å²) in [5.74, 6) is -5.85. The van der Waals surface area contributed by atoms with Gasteiger partial charge in [-0.15, -0.1) is 68.0 Å². The number of nitrogens with two attached hydrogens (primary N) is 1. The van der Waals surface area contributed by atoms with Gasteiger partial charge in [-0.2, -0.15) is 0 Å². The summed E-state index contributed by atoms with van der Waals surface area (Å²) in [7, 11) is 0. The smallest absolute Gasteiger partial charge is 0.275 e. The first-order valence-electron chi connectivity index (χ1n) is 27.4.